The predicted molar refractivity (Wildman–Crippen MR) is 62.9 cm³/mol. The molecule has 0 spiro atoms. The van der Waals surface area contributed by atoms with Gasteiger partial charge in [-0.25, -0.2) is 4.68 Å². The molecule has 0 bridgehead atoms. The van der Waals surface area contributed by atoms with Crippen molar-refractivity contribution in [3.8, 4) is 0 Å². The van der Waals surface area contributed by atoms with Gasteiger partial charge < -0.3 is 5.32 Å². The Bertz CT molecular complexity index is 275. The van der Waals surface area contributed by atoms with Gasteiger partial charge in [-0.3, -0.25) is 0 Å². The first-order chi connectivity index (χ1) is 7.29. The molecule has 1 atom stereocenters. The molecule has 1 unspecified atom stereocenters. The topological polar surface area (TPSA) is 55.6 Å². The van der Waals surface area contributed by atoms with Crippen LogP contribution in [0.25, 0.3) is 0 Å². The number of hydrogen-bond donors (Lipinski definition) is 1. The largest absolute Gasteiger partial charge is 0.307 e. The van der Waals surface area contributed by atoms with Gasteiger partial charge in [0.15, 0.2) is 5.82 Å². The molecule has 1 aromatic rings. The maximum atomic E-state index is 4.05. The standard InChI is InChI=1S/C9H19N5S/c1-4-5-10-8(2)9-11-12-13-14(9)6-7-15-3/h8,10H,4-7H2,1-3H3. The third kappa shape index (κ3) is 3.79. The van der Waals surface area contributed by atoms with Crippen molar-refractivity contribution >= 4 is 11.8 Å². The van der Waals surface area contributed by atoms with Gasteiger partial charge >= 0.3 is 0 Å². The normalized spacial score (nSPS) is 13.0. The summed E-state index contributed by atoms with van der Waals surface area (Å²) in [5, 5.41) is 15.1. The zero-order chi connectivity index (χ0) is 11.1. The van der Waals surface area contributed by atoms with E-state index >= 15 is 0 Å². The average Bonchev–Trinajstić information content (AvgIpc) is 2.71. The Morgan fingerprint density at radius 2 is 2.33 bits per heavy atom. The Kier molecular flexibility index (Phi) is 5.63. The third-order valence-corrected chi connectivity index (χ3v) is 2.75. The molecule has 1 rings (SSSR count). The number of aryl methyl sites for hydroxylation is 1. The molecule has 0 saturated carbocycles. The Labute approximate surface area is 95.0 Å². The van der Waals surface area contributed by atoms with Crippen LogP contribution in [0.4, 0.5) is 0 Å². The number of thioether (sulfide) groups is 1. The summed E-state index contributed by atoms with van der Waals surface area (Å²) in [6.45, 7) is 6.12. The van der Waals surface area contributed by atoms with E-state index in [9.17, 15) is 0 Å². The molecular formula is C9H19N5S. The molecule has 1 N–H and O–H groups in total. The third-order valence-electron chi connectivity index (χ3n) is 2.15. The molecular weight excluding hydrogens is 210 g/mol. The SMILES string of the molecule is CCCNC(C)c1nnnn1CCSC. The Hall–Kier alpha value is -0.620. The highest BCUT2D eigenvalue weighted by Crippen LogP contribution is 2.07. The van der Waals surface area contributed by atoms with Gasteiger partial charge in [0.1, 0.15) is 0 Å². The van der Waals surface area contributed by atoms with Crippen molar-refractivity contribution in [2.75, 3.05) is 18.6 Å². The van der Waals surface area contributed by atoms with Crippen molar-refractivity contribution in [2.24, 2.45) is 0 Å². The minimum Gasteiger partial charge on any atom is -0.307 e. The second kappa shape index (κ2) is 6.79. The zero-order valence-electron chi connectivity index (χ0n) is 9.60. The van der Waals surface area contributed by atoms with E-state index in [1.54, 1.807) is 11.8 Å². The fourth-order valence-corrected chi connectivity index (χ4v) is 1.67. The first-order valence-corrected chi connectivity index (χ1v) is 6.67. The molecule has 5 nitrogen and oxygen atoms in total. The lowest BCUT2D eigenvalue weighted by Gasteiger charge is -2.12. The second-order valence-corrected chi connectivity index (χ2v) is 4.41. The highest BCUT2D eigenvalue weighted by Gasteiger charge is 2.12. The molecule has 0 radical (unpaired) electrons. The van der Waals surface area contributed by atoms with Gasteiger partial charge in [0.25, 0.3) is 0 Å². The Balaban J connectivity index is 2.54. The van der Waals surface area contributed by atoms with Crippen molar-refractivity contribution in [2.45, 2.75) is 32.9 Å². The summed E-state index contributed by atoms with van der Waals surface area (Å²) >= 11 is 1.80. The first kappa shape index (κ1) is 12.4. The maximum absolute atomic E-state index is 4.05. The number of nitrogens with one attached hydrogen (secondary N) is 1. The van der Waals surface area contributed by atoms with E-state index in [2.05, 4.69) is 40.9 Å². The lowest BCUT2D eigenvalue weighted by atomic mass is 10.3. The number of nitrogens with zero attached hydrogens (tertiary/aromatic N) is 4. The molecule has 0 aliphatic rings. The van der Waals surface area contributed by atoms with Crippen LogP contribution < -0.4 is 5.32 Å². The van der Waals surface area contributed by atoms with Crippen LogP contribution in [0, 0.1) is 0 Å². The lowest BCUT2D eigenvalue weighted by molar-refractivity contribution is 0.499. The van der Waals surface area contributed by atoms with Crippen molar-refractivity contribution in [1.29, 1.82) is 0 Å². The van der Waals surface area contributed by atoms with Crippen molar-refractivity contribution in [3.63, 3.8) is 0 Å². The van der Waals surface area contributed by atoms with E-state index in [0.717, 1.165) is 31.1 Å². The monoisotopic (exact) mass is 229 g/mol. The fraction of sp³-hybridized carbons (Fsp3) is 0.889. The van der Waals surface area contributed by atoms with Crippen molar-refractivity contribution < 1.29 is 0 Å². The molecule has 0 aliphatic carbocycles. The van der Waals surface area contributed by atoms with Gasteiger partial charge in [-0.05, 0) is 36.6 Å². The fourth-order valence-electron chi connectivity index (χ4n) is 1.31. The summed E-state index contributed by atoms with van der Waals surface area (Å²) in [5.41, 5.74) is 0. The summed E-state index contributed by atoms with van der Waals surface area (Å²) in [7, 11) is 0. The van der Waals surface area contributed by atoms with Crippen LogP contribution in [0.3, 0.4) is 0 Å². The second-order valence-electron chi connectivity index (χ2n) is 3.43. The molecule has 15 heavy (non-hydrogen) atoms. The molecule has 0 aromatic carbocycles. The smallest absolute Gasteiger partial charge is 0.167 e. The maximum Gasteiger partial charge on any atom is 0.167 e. The minimum atomic E-state index is 0.224. The number of hydrogen-bond acceptors (Lipinski definition) is 5. The molecule has 86 valence electrons. The highest BCUT2D eigenvalue weighted by molar-refractivity contribution is 7.98. The number of aromatic nitrogens is 4. The lowest BCUT2D eigenvalue weighted by Crippen LogP contribution is -2.23. The van der Waals surface area contributed by atoms with Crippen LogP contribution in [0.2, 0.25) is 0 Å². The number of tetrazole rings is 1. The van der Waals surface area contributed by atoms with Crippen LogP contribution >= 0.6 is 11.8 Å². The van der Waals surface area contributed by atoms with Gasteiger partial charge in [-0.1, -0.05) is 6.92 Å². The van der Waals surface area contributed by atoms with E-state index in [0.29, 0.717) is 0 Å². The van der Waals surface area contributed by atoms with E-state index in [1.807, 2.05) is 4.68 Å². The van der Waals surface area contributed by atoms with E-state index < -0.39 is 0 Å². The number of rotatable bonds is 7. The van der Waals surface area contributed by atoms with Crippen LogP contribution in [-0.4, -0.2) is 38.8 Å². The van der Waals surface area contributed by atoms with Crippen LogP contribution in [0.1, 0.15) is 32.1 Å². The Morgan fingerprint density at radius 1 is 1.53 bits per heavy atom. The van der Waals surface area contributed by atoms with E-state index in [1.165, 1.54) is 0 Å². The van der Waals surface area contributed by atoms with E-state index in [4.69, 9.17) is 0 Å². The average molecular weight is 229 g/mol. The van der Waals surface area contributed by atoms with Crippen molar-refractivity contribution in [1.82, 2.24) is 25.5 Å². The van der Waals surface area contributed by atoms with Crippen LogP contribution in [0.15, 0.2) is 0 Å². The molecule has 0 fully saturated rings. The predicted octanol–water partition coefficient (Wildman–Crippen LogP) is 1.10. The quantitative estimate of drug-likeness (QED) is 0.758. The summed E-state index contributed by atoms with van der Waals surface area (Å²) in [6.07, 6.45) is 3.21. The molecule has 0 saturated heterocycles. The molecule has 1 heterocycles. The molecule has 6 heteroatoms. The van der Waals surface area contributed by atoms with Gasteiger partial charge in [0, 0.05) is 5.75 Å². The highest BCUT2D eigenvalue weighted by atomic mass is 32.2. The molecule has 0 amide bonds. The van der Waals surface area contributed by atoms with Crippen LogP contribution in [0.5, 0.6) is 0 Å². The van der Waals surface area contributed by atoms with Gasteiger partial charge in [-0.15, -0.1) is 5.10 Å². The van der Waals surface area contributed by atoms with Gasteiger partial charge in [-0.2, -0.15) is 11.8 Å². The summed E-state index contributed by atoms with van der Waals surface area (Å²) in [5.74, 6) is 1.97. The molecule has 1 aromatic heterocycles. The van der Waals surface area contributed by atoms with Gasteiger partial charge in [0.2, 0.25) is 0 Å². The molecule has 0 aliphatic heterocycles. The summed E-state index contributed by atoms with van der Waals surface area (Å²) in [4.78, 5) is 0. The van der Waals surface area contributed by atoms with E-state index in [-0.39, 0.29) is 6.04 Å². The van der Waals surface area contributed by atoms with Gasteiger partial charge in [0.05, 0.1) is 12.6 Å². The summed E-state index contributed by atoms with van der Waals surface area (Å²) < 4.78 is 1.88. The van der Waals surface area contributed by atoms with Crippen molar-refractivity contribution in [3.05, 3.63) is 5.82 Å². The van der Waals surface area contributed by atoms with Crippen LogP contribution in [-0.2, 0) is 6.54 Å². The summed E-state index contributed by atoms with van der Waals surface area (Å²) in [6, 6.07) is 0.224. The zero-order valence-corrected chi connectivity index (χ0v) is 10.4. The minimum absolute atomic E-state index is 0.224. The first-order valence-electron chi connectivity index (χ1n) is 5.28. The Morgan fingerprint density at radius 3 is 3.00 bits per heavy atom.